The van der Waals surface area contributed by atoms with Gasteiger partial charge in [-0.25, -0.2) is 9.50 Å². The third-order valence-corrected chi connectivity index (χ3v) is 5.32. The van der Waals surface area contributed by atoms with Crippen LogP contribution in [0.2, 0.25) is 0 Å². The lowest BCUT2D eigenvalue weighted by Gasteiger charge is -2.14. The van der Waals surface area contributed by atoms with Gasteiger partial charge < -0.3 is 5.32 Å². The number of nitrogens with zero attached hydrogens (tertiary/aromatic N) is 3. The van der Waals surface area contributed by atoms with Crippen molar-refractivity contribution < 1.29 is 18.0 Å². The maximum absolute atomic E-state index is 13.7. The van der Waals surface area contributed by atoms with Crippen molar-refractivity contribution in [2.45, 2.75) is 19.1 Å². The van der Waals surface area contributed by atoms with Crippen molar-refractivity contribution in [1.29, 1.82) is 0 Å². The number of carbonyl (C=O) groups excluding carboxylic acids is 1. The van der Waals surface area contributed by atoms with E-state index >= 15 is 0 Å². The summed E-state index contributed by atoms with van der Waals surface area (Å²) in [6.45, 7) is 1.79. The van der Waals surface area contributed by atoms with Crippen LogP contribution in [0.3, 0.4) is 0 Å². The lowest BCUT2D eigenvalue weighted by Crippen LogP contribution is -2.26. The summed E-state index contributed by atoms with van der Waals surface area (Å²) >= 11 is 3.30. The minimum Gasteiger partial charge on any atom is -0.345 e. The molecule has 2 aromatic heterocycles. The maximum Gasteiger partial charge on any atom is 0.433 e. The Balaban J connectivity index is 1.79. The molecule has 0 aliphatic heterocycles. The zero-order chi connectivity index (χ0) is 22.2. The number of alkyl halides is 3. The second kappa shape index (κ2) is 8.14. The molecule has 9 heteroatoms. The SMILES string of the molecule is CC(NC(=O)c1cnn2c(C(F)(F)F)cc(-c3ccc(Br)cc3)nc12)c1ccccc1. The number of hydrogen-bond donors (Lipinski definition) is 1. The fraction of sp³-hybridized carbons (Fsp3) is 0.136. The molecular weight excluding hydrogens is 473 g/mol. The third kappa shape index (κ3) is 4.32. The van der Waals surface area contributed by atoms with Crippen LogP contribution in [-0.2, 0) is 6.18 Å². The van der Waals surface area contributed by atoms with E-state index < -0.39 is 17.8 Å². The Morgan fingerprint density at radius 2 is 1.77 bits per heavy atom. The molecule has 0 fully saturated rings. The predicted octanol–water partition coefficient (Wildman–Crippen LogP) is 5.67. The first-order chi connectivity index (χ1) is 14.7. The van der Waals surface area contributed by atoms with Crippen LogP contribution in [0.15, 0.2) is 71.3 Å². The smallest absolute Gasteiger partial charge is 0.345 e. The lowest BCUT2D eigenvalue weighted by atomic mass is 10.1. The number of rotatable bonds is 4. The second-order valence-electron chi connectivity index (χ2n) is 6.93. The van der Waals surface area contributed by atoms with E-state index in [9.17, 15) is 18.0 Å². The monoisotopic (exact) mass is 488 g/mol. The standard InChI is InChI=1S/C22H16BrF3N4O/c1-13(14-5-3-2-4-6-14)28-21(31)17-12-27-30-19(22(24,25)26)11-18(29-20(17)30)15-7-9-16(23)10-8-15/h2-13H,1H3,(H,28,31). The summed E-state index contributed by atoms with van der Waals surface area (Å²) in [4.78, 5) is 17.2. The highest BCUT2D eigenvalue weighted by Crippen LogP contribution is 2.33. The van der Waals surface area contributed by atoms with Gasteiger partial charge in [0.05, 0.1) is 17.9 Å². The van der Waals surface area contributed by atoms with Gasteiger partial charge in [0.2, 0.25) is 0 Å². The van der Waals surface area contributed by atoms with Crippen LogP contribution < -0.4 is 5.32 Å². The van der Waals surface area contributed by atoms with Crippen molar-refractivity contribution in [2.24, 2.45) is 0 Å². The quantitative estimate of drug-likeness (QED) is 0.402. The van der Waals surface area contributed by atoms with Gasteiger partial charge in [-0.15, -0.1) is 0 Å². The van der Waals surface area contributed by atoms with Crippen LogP contribution in [0.5, 0.6) is 0 Å². The van der Waals surface area contributed by atoms with Gasteiger partial charge in [0.15, 0.2) is 11.3 Å². The Labute approximate surface area is 184 Å². The zero-order valence-electron chi connectivity index (χ0n) is 16.2. The normalized spacial score (nSPS) is 12.7. The van der Waals surface area contributed by atoms with E-state index in [1.165, 1.54) is 0 Å². The number of fused-ring (bicyclic) bond motifs is 1. The van der Waals surface area contributed by atoms with Gasteiger partial charge >= 0.3 is 6.18 Å². The Bertz CT molecular complexity index is 1240. The first kappa shape index (κ1) is 21.0. The molecule has 2 heterocycles. The third-order valence-electron chi connectivity index (χ3n) is 4.79. The first-order valence-electron chi connectivity index (χ1n) is 9.32. The van der Waals surface area contributed by atoms with E-state index in [-0.39, 0.29) is 22.9 Å². The number of amides is 1. The minimum absolute atomic E-state index is 0.0350. The molecule has 1 unspecified atom stereocenters. The Kier molecular flexibility index (Phi) is 5.53. The van der Waals surface area contributed by atoms with Gasteiger partial charge in [0.1, 0.15) is 5.56 Å². The maximum atomic E-state index is 13.7. The number of halogens is 4. The Morgan fingerprint density at radius 3 is 2.42 bits per heavy atom. The average molecular weight is 489 g/mol. The molecule has 4 rings (SSSR count). The molecule has 158 valence electrons. The molecule has 0 aliphatic carbocycles. The van der Waals surface area contributed by atoms with E-state index in [0.717, 1.165) is 22.3 Å². The summed E-state index contributed by atoms with van der Waals surface area (Å²) in [7, 11) is 0. The van der Waals surface area contributed by atoms with Crippen molar-refractivity contribution in [3.63, 3.8) is 0 Å². The second-order valence-corrected chi connectivity index (χ2v) is 7.85. The summed E-state index contributed by atoms with van der Waals surface area (Å²) in [5.74, 6) is -0.556. The minimum atomic E-state index is -4.68. The van der Waals surface area contributed by atoms with Crippen LogP contribution in [0, 0.1) is 0 Å². The fourth-order valence-electron chi connectivity index (χ4n) is 3.19. The summed E-state index contributed by atoms with van der Waals surface area (Å²) in [6.07, 6.45) is -3.57. The average Bonchev–Trinajstić information content (AvgIpc) is 3.17. The molecule has 31 heavy (non-hydrogen) atoms. The molecule has 2 aromatic carbocycles. The number of aromatic nitrogens is 3. The summed E-state index contributed by atoms with van der Waals surface area (Å²) < 4.78 is 42.6. The predicted molar refractivity (Wildman–Crippen MR) is 113 cm³/mol. The van der Waals surface area contributed by atoms with Crippen LogP contribution in [-0.4, -0.2) is 20.5 Å². The summed E-state index contributed by atoms with van der Waals surface area (Å²) in [5.41, 5.74) is 0.245. The molecule has 1 atom stereocenters. The lowest BCUT2D eigenvalue weighted by molar-refractivity contribution is -0.142. The first-order valence-corrected chi connectivity index (χ1v) is 10.1. The van der Waals surface area contributed by atoms with Gasteiger partial charge in [-0.05, 0) is 30.7 Å². The van der Waals surface area contributed by atoms with E-state index in [0.29, 0.717) is 10.1 Å². The van der Waals surface area contributed by atoms with Crippen molar-refractivity contribution in [2.75, 3.05) is 0 Å². The highest BCUT2D eigenvalue weighted by Gasteiger charge is 2.36. The van der Waals surface area contributed by atoms with Crippen molar-refractivity contribution in [3.8, 4) is 11.3 Å². The van der Waals surface area contributed by atoms with Crippen LogP contribution >= 0.6 is 15.9 Å². The zero-order valence-corrected chi connectivity index (χ0v) is 17.8. The van der Waals surface area contributed by atoms with E-state index in [2.05, 4.69) is 31.3 Å². The number of nitrogens with one attached hydrogen (secondary N) is 1. The van der Waals surface area contributed by atoms with E-state index in [1.807, 2.05) is 30.3 Å². The van der Waals surface area contributed by atoms with Gasteiger partial charge in [0, 0.05) is 10.0 Å². The number of hydrogen-bond acceptors (Lipinski definition) is 3. The van der Waals surface area contributed by atoms with Gasteiger partial charge in [-0.1, -0.05) is 58.4 Å². The summed E-state index contributed by atoms with van der Waals surface area (Å²) in [6, 6.07) is 16.5. The van der Waals surface area contributed by atoms with Crippen LogP contribution in [0.25, 0.3) is 16.9 Å². The van der Waals surface area contributed by atoms with Crippen molar-refractivity contribution >= 4 is 27.5 Å². The Morgan fingerprint density at radius 1 is 1.10 bits per heavy atom. The summed E-state index contributed by atoms with van der Waals surface area (Å²) in [5, 5.41) is 6.60. The molecule has 0 saturated carbocycles. The molecule has 0 spiro atoms. The molecule has 0 aliphatic rings. The van der Waals surface area contributed by atoms with Gasteiger partial charge in [-0.2, -0.15) is 18.3 Å². The van der Waals surface area contributed by atoms with Crippen LogP contribution in [0.1, 0.15) is 34.6 Å². The molecule has 1 N–H and O–H groups in total. The molecule has 5 nitrogen and oxygen atoms in total. The number of carbonyl (C=O) groups is 1. The van der Waals surface area contributed by atoms with Gasteiger partial charge in [-0.3, -0.25) is 4.79 Å². The molecule has 4 aromatic rings. The van der Waals surface area contributed by atoms with Gasteiger partial charge in [0.25, 0.3) is 5.91 Å². The van der Waals surface area contributed by atoms with Crippen molar-refractivity contribution in [3.05, 3.63) is 88.2 Å². The largest absolute Gasteiger partial charge is 0.433 e. The number of benzene rings is 2. The molecular formula is C22H16BrF3N4O. The molecule has 0 radical (unpaired) electrons. The molecule has 0 bridgehead atoms. The molecule has 0 saturated heterocycles. The highest BCUT2D eigenvalue weighted by molar-refractivity contribution is 9.10. The van der Waals surface area contributed by atoms with Crippen molar-refractivity contribution in [1.82, 2.24) is 19.9 Å². The highest BCUT2D eigenvalue weighted by atomic mass is 79.9. The Hall–Kier alpha value is -3.20. The molecule has 1 amide bonds. The fourth-order valence-corrected chi connectivity index (χ4v) is 3.46. The van der Waals surface area contributed by atoms with E-state index in [4.69, 9.17) is 0 Å². The van der Waals surface area contributed by atoms with E-state index in [1.54, 1.807) is 31.2 Å². The topological polar surface area (TPSA) is 59.3 Å². The van der Waals surface area contributed by atoms with Crippen LogP contribution in [0.4, 0.5) is 13.2 Å².